The Kier molecular flexibility index (Phi) is 3.30. The zero-order chi connectivity index (χ0) is 12.4. The van der Waals surface area contributed by atoms with Crippen molar-refractivity contribution < 1.29 is 4.74 Å². The Morgan fingerprint density at radius 1 is 1.50 bits per heavy atom. The van der Waals surface area contributed by atoms with Crippen LogP contribution >= 0.6 is 0 Å². The molecule has 1 fully saturated rings. The molecule has 3 heterocycles. The lowest BCUT2D eigenvalue weighted by molar-refractivity contribution is 0.101. The van der Waals surface area contributed by atoms with E-state index in [1.54, 1.807) is 0 Å². The molecule has 1 aliphatic rings. The molecule has 0 aromatic carbocycles. The van der Waals surface area contributed by atoms with Gasteiger partial charge in [-0.2, -0.15) is 5.10 Å². The Morgan fingerprint density at radius 3 is 3.28 bits per heavy atom. The van der Waals surface area contributed by atoms with Crippen molar-refractivity contribution in [1.29, 1.82) is 0 Å². The lowest BCUT2D eigenvalue weighted by Crippen LogP contribution is -2.14. The average Bonchev–Trinajstić information content (AvgIpc) is 3.05. The maximum Gasteiger partial charge on any atom is 0.0709 e. The van der Waals surface area contributed by atoms with Gasteiger partial charge in [0.1, 0.15) is 0 Å². The summed E-state index contributed by atoms with van der Waals surface area (Å²) >= 11 is 0. The number of pyridine rings is 1. The molecule has 0 amide bonds. The molecule has 0 saturated carbocycles. The van der Waals surface area contributed by atoms with Crippen molar-refractivity contribution in [3.8, 4) is 0 Å². The van der Waals surface area contributed by atoms with Gasteiger partial charge in [0, 0.05) is 24.4 Å². The summed E-state index contributed by atoms with van der Waals surface area (Å²) in [6.07, 6.45) is 8.63. The lowest BCUT2D eigenvalue weighted by Gasteiger charge is -2.13. The minimum Gasteiger partial charge on any atom is -0.378 e. The Morgan fingerprint density at radius 2 is 2.44 bits per heavy atom. The maximum absolute atomic E-state index is 6.27. The van der Waals surface area contributed by atoms with Gasteiger partial charge in [-0.1, -0.05) is 6.07 Å². The van der Waals surface area contributed by atoms with Crippen LogP contribution in [-0.2, 0) is 4.74 Å². The van der Waals surface area contributed by atoms with Crippen molar-refractivity contribution in [2.45, 2.75) is 37.8 Å². The predicted octanol–water partition coefficient (Wildman–Crippen LogP) is 2.29. The first-order chi connectivity index (χ1) is 8.84. The summed E-state index contributed by atoms with van der Waals surface area (Å²) in [5.74, 6) is 0. The van der Waals surface area contributed by atoms with Gasteiger partial charge in [0.25, 0.3) is 0 Å². The molecule has 96 valence electrons. The molecule has 2 atom stereocenters. The molecule has 3 rings (SSSR count). The molecule has 4 heteroatoms. The number of hydrogen-bond acceptors (Lipinski definition) is 3. The van der Waals surface area contributed by atoms with Crippen LogP contribution in [0.2, 0.25) is 0 Å². The highest BCUT2D eigenvalue weighted by molar-refractivity contribution is 5.54. The van der Waals surface area contributed by atoms with Crippen LogP contribution in [0.15, 0.2) is 30.6 Å². The second kappa shape index (κ2) is 5.08. The summed E-state index contributed by atoms with van der Waals surface area (Å²) in [6, 6.07) is 6.11. The van der Waals surface area contributed by atoms with E-state index in [1.807, 2.05) is 29.0 Å². The number of hydrogen-bond donors (Lipinski definition) is 1. The minimum absolute atomic E-state index is 0.0501. The van der Waals surface area contributed by atoms with E-state index >= 15 is 0 Å². The minimum atomic E-state index is 0.0501. The van der Waals surface area contributed by atoms with E-state index in [0.717, 1.165) is 30.5 Å². The third kappa shape index (κ3) is 2.26. The average molecular weight is 245 g/mol. The van der Waals surface area contributed by atoms with Gasteiger partial charge >= 0.3 is 0 Å². The van der Waals surface area contributed by atoms with Crippen molar-refractivity contribution >= 4 is 5.52 Å². The first kappa shape index (κ1) is 11.7. The highest BCUT2D eigenvalue weighted by Gasteiger charge is 2.18. The quantitative estimate of drug-likeness (QED) is 0.899. The summed E-state index contributed by atoms with van der Waals surface area (Å²) in [4.78, 5) is 0. The predicted molar refractivity (Wildman–Crippen MR) is 70.3 cm³/mol. The fourth-order valence-corrected chi connectivity index (χ4v) is 2.63. The molecule has 4 nitrogen and oxygen atoms in total. The molecule has 2 unspecified atom stereocenters. The fraction of sp³-hybridized carbons (Fsp3) is 0.500. The Hall–Kier alpha value is -1.39. The van der Waals surface area contributed by atoms with Gasteiger partial charge in [0.15, 0.2) is 0 Å². The molecule has 0 radical (unpaired) electrons. The van der Waals surface area contributed by atoms with Gasteiger partial charge in [-0.3, -0.25) is 0 Å². The van der Waals surface area contributed by atoms with E-state index in [-0.39, 0.29) is 6.04 Å². The van der Waals surface area contributed by atoms with Gasteiger partial charge in [-0.15, -0.1) is 0 Å². The largest absolute Gasteiger partial charge is 0.378 e. The molecule has 2 aromatic rings. The number of fused-ring (bicyclic) bond motifs is 1. The second-order valence-electron chi connectivity index (χ2n) is 4.95. The topological polar surface area (TPSA) is 52.5 Å². The van der Waals surface area contributed by atoms with Crippen LogP contribution in [0, 0.1) is 0 Å². The monoisotopic (exact) mass is 245 g/mol. The van der Waals surface area contributed by atoms with Crippen LogP contribution in [0.4, 0.5) is 0 Å². The first-order valence-corrected chi connectivity index (χ1v) is 6.64. The SMILES string of the molecule is NC(CCC1CCCO1)c1cnn2ccccc12. The number of nitrogens with two attached hydrogens (primary N) is 1. The molecule has 1 saturated heterocycles. The molecular formula is C14H19N3O. The second-order valence-corrected chi connectivity index (χ2v) is 4.95. The highest BCUT2D eigenvalue weighted by Crippen LogP contribution is 2.24. The Labute approximate surface area is 107 Å². The number of ether oxygens (including phenoxy) is 1. The van der Waals surface area contributed by atoms with E-state index in [0.29, 0.717) is 6.10 Å². The third-order valence-electron chi connectivity index (χ3n) is 3.68. The molecule has 1 aliphatic heterocycles. The zero-order valence-corrected chi connectivity index (χ0v) is 10.5. The van der Waals surface area contributed by atoms with Crippen LogP contribution < -0.4 is 5.73 Å². The highest BCUT2D eigenvalue weighted by atomic mass is 16.5. The van der Waals surface area contributed by atoms with E-state index in [9.17, 15) is 0 Å². The van der Waals surface area contributed by atoms with Crippen molar-refractivity contribution in [3.05, 3.63) is 36.2 Å². The van der Waals surface area contributed by atoms with E-state index in [2.05, 4.69) is 11.2 Å². The molecule has 2 N–H and O–H groups in total. The molecule has 0 bridgehead atoms. The van der Waals surface area contributed by atoms with Crippen LogP contribution in [-0.4, -0.2) is 22.3 Å². The molecule has 2 aromatic heterocycles. The van der Waals surface area contributed by atoms with E-state index in [1.165, 1.54) is 12.8 Å². The Balaban J connectivity index is 1.69. The number of aromatic nitrogens is 2. The van der Waals surface area contributed by atoms with Crippen LogP contribution in [0.3, 0.4) is 0 Å². The number of rotatable bonds is 4. The van der Waals surface area contributed by atoms with Gasteiger partial charge in [0.05, 0.1) is 17.8 Å². The van der Waals surface area contributed by atoms with Crippen molar-refractivity contribution in [1.82, 2.24) is 9.61 Å². The van der Waals surface area contributed by atoms with Crippen molar-refractivity contribution in [2.24, 2.45) is 5.73 Å². The standard InChI is InChI=1S/C14H19N3O/c15-13(7-6-11-4-3-9-18-11)12-10-16-17-8-2-1-5-14(12)17/h1-2,5,8,10-11,13H,3-4,6-7,9,15H2. The zero-order valence-electron chi connectivity index (χ0n) is 10.5. The van der Waals surface area contributed by atoms with E-state index < -0.39 is 0 Å². The van der Waals surface area contributed by atoms with Gasteiger partial charge < -0.3 is 10.5 Å². The van der Waals surface area contributed by atoms with Crippen LogP contribution in [0.25, 0.3) is 5.52 Å². The Bertz CT molecular complexity index is 516. The van der Waals surface area contributed by atoms with Gasteiger partial charge in [-0.05, 0) is 37.8 Å². The summed E-state index contributed by atoms with van der Waals surface area (Å²) in [5, 5.41) is 4.32. The third-order valence-corrected chi connectivity index (χ3v) is 3.68. The molecule has 0 spiro atoms. The van der Waals surface area contributed by atoms with E-state index in [4.69, 9.17) is 10.5 Å². The molecular weight excluding hydrogens is 226 g/mol. The first-order valence-electron chi connectivity index (χ1n) is 6.64. The summed E-state index contributed by atoms with van der Waals surface area (Å²) in [7, 11) is 0. The summed E-state index contributed by atoms with van der Waals surface area (Å²) in [6.45, 7) is 0.913. The fourth-order valence-electron chi connectivity index (χ4n) is 2.63. The maximum atomic E-state index is 6.27. The summed E-state index contributed by atoms with van der Waals surface area (Å²) < 4.78 is 7.51. The lowest BCUT2D eigenvalue weighted by atomic mass is 10.0. The van der Waals surface area contributed by atoms with Crippen LogP contribution in [0.5, 0.6) is 0 Å². The smallest absolute Gasteiger partial charge is 0.0709 e. The normalized spacial score (nSPS) is 21.5. The number of nitrogens with zero attached hydrogens (tertiary/aromatic N) is 2. The van der Waals surface area contributed by atoms with Gasteiger partial charge in [-0.25, -0.2) is 4.52 Å². The molecule has 0 aliphatic carbocycles. The summed E-state index contributed by atoms with van der Waals surface area (Å²) in [5.41, 5.74) is 8.52. The van der Waals surface area contributed by atoms with Crippen molar-refractivity contribution in [3.63, 3.8) is 0 Å². The van der Waals surface area contributed by atoms with Crippen LogP contribution in [0.1, 0.15) is 37.3 Å². The van der Waals surface area contributed by atoms with Gasteiger partial charge in [0.2, 0.25) is 0 Å². The van der Waals surface area contributed by atoms with Crippen molar-refractivity contribution in [2.75, 3.05) is 6.61 Å². The molecule has 18 heavy (non-hydrogen) atoms.